The van der Waals surface area contributed by atoms with E-state index in [4.69, 9.17) is 9.47 Å². The van der Waals surface area contributed by atoms with Gasteiger partial charge in [0.05, 0.1) is 17.6 Å². The Morgan fingerprint density at radius 3 is 3.00 bits per heavy atom. The molecule has 1 heterocycles. The van der Waals surface area contributed by atoms with Crippen LogP contribution >= 0.6 is 15.9 Å². The highest BCUT2D eigenvalue weighted by Crippen LogP contribution is 2.29. The molecule has 1 aromatic rings. The van der Waals surface area contributed by atoms with Crippen LogP contribution in [0.3, 0.4) is 0 Å². The lowest BCUT2D eigenvalue weighted by atomic mass is 10.2. The van der Waals surface area contributed by atoms with Crippen molar-refractivity contribution < 1.29 is 14.4 Å². The molecule has 1 atom stereocenters. The zero-order chi connectivity index (χ0) is 13.7. The molecule has 1 fully saturated rings. The molecule has 1 unspecified atom stereocenters. The van der Waals surface area contributed by atoms with Gasteiger partial charge in [0.1, 0.15) is 0 Å². The van der Waals surface area contributed by atoms with E-state index < -0.39 is 4.92 Å². The highest BCUT2D eigenvalue weighted by atomic mass is 79.9. The Labute approximate surface area is 120 Å². The molecule has 2 rings (SSSR count). The van der Waals surface area contributed by atoms with E-state index in [0.29, 0.717) is 17.7 Å². The summed E-state index contributed by atoms with van der Waals surface area (Å²) in [7, 11) is 0. The number of hydrogen-bond acceptors (Lipinski definition) is 4. The predicted molar refractivity (Wildman–Crippen MR) is 74.8 cm³/mol. The van der Waals surface area contributed by atoms with Crippen LogP contribution in [0.1, 0.15) is 24.8 Å². The lowest BCUT2D eigenvalue weighted by Gasteiger charge is -2.11. The van der Waals surface area contributed by atoms with Crippen LogP contribution in [-0.2, 0) is 10.1 Å². The van der Waals surface area contributed by atoms with Gasteiger partial charge in [-0.2, -0.15) is 0 Å². The number of rotatable bonds is 6. The number of benzene rings is 1. The fraction of sp³-hybridized carbons (Fsp3) is 0.538. The second-order valence-corrected chi connectivity index (χ2v) is 5.03. The smallest absolute Gasteiger partial charge is 0.310 e. The molecule has 0 aliphatic carbocycles. The summed E-state index contributed by atoms with van der Waals surface area (Å²) in [6.45, 7) is 1.25. The minimum atomic E-state index is -0.417. The van der Waals surface area contributed by atoms with Crippen molar-refractivity contribution in [3.05, 3.63) is 33.9 Å². The predicted octanol–water partition coefficient (Wildman–Crippen LogP) is 3.44. The molecule has 1 saturated heterocycles. The molecule has 104 valence electrons. The van der Waals surface area contributed by atoms with Crippen LogP contribution < -0.4 is 4.74 Å². The highest BCUT2D eigenvalue weighted by molar-refractivity contribution is 9.08. The average molecular weight is 330 g/mol. The summed E-state index contributed by atoms with van der Waals surface area (Å²) in [4.78, 5) is 10.5. The van der Waals surface area contributed by atoms with Crippen molar-refractivity contribution in [3.63, 3.8) is 0 Å². The largest absolute Gasteiger partial charge is 0.487 e. The van der Waals surface area contributed by atoms with Crippen LogP contribution in [0, 0.1) is 10.1 Å². The first-order valence-electron chi connectivity index (χ1n) is 6.28. The van der Waals surface area contributed by atoms with E-state index in [2.05, 4.69) is 15.9 Å². The van der Waals surface area contributed by atoms with Crippen LogP contribution in [0.4, 0.5) is 5.69 Å². The fourth-order valence-corrected chi connectivity index (χ4v) is 2.43. The lowest BCUT2D eigenvalue weighted by molar-refractivity contribution is -0.385. The summed E-state index contributed by atoms with van der Waals surface area (Å²) >= 11 is 3.33. The summed E-state index contributed by atoms with van der Waals surface area (Å²) in [5.41, 5.74) is 0.967. The van der Waals surface area contributed by atoms with Crippen LogP contribution in [0.2, 0.25) is 0 Å². The lowest BCUT2D eigenvalue weighted by Crippen LogP contribution is -2.11. The maximum Gasteiger partial charge on any atom is 0.310 e. The first kappa shape index (κ1) is 14.3. The number of ether oxygens (including phenoxy) is 2. The molecule has 0 radical (unpaired) electrons. The molecular weight excluding hydrogens is 314 g/mol. The van der Waals surface area contributed by atoms with Gasteiger partial charge in [0.25, 0.3) is 0 Å². The van der Waals surface area contributed by atoms with Crippen molar-refractivity contribution in [2.45, 2.75) is 30.7 Å². The van der Waals surface area contributed by atoms with Gasteiger partial charge in [0, 0.05) is 24.4 Å². The van der Waals surface area contributed by atoms with E-state index in [1.54, 1.807) is 12.1 Å². The van der Waals surface area contributed by atoms with Gasteiger partial charge < -0.3 is 9.47 Å². The van der Waals surface area contributed by atoms with Crippen LogP contribution in [-0.4, -0.2) is 24.2 Å². The second kappa shape index (κ2) is 6.86. The van der Waals surface area contributed by atoms with Crippen molar-refractivity contribution in [3.8, 4) is 5.75 Å². The molecule has 0 amide bonds. The minimum absolute atomic E-state index is 0.0111. The third-order valence-electron chi connectivity index (χ3n) is 3.10. The quantitative estimate of drug-likeness (QED) is 0.455. The van der Waals surface area contributed by atoms with Crippen molar-refractivity contribution in [2.24, 2.45) is 0 Å². The van der Waals surface area contributed by atoms with Crippen LogP contribution in [0.15, 0.2) is 18.2 Å². The zero-order valence-corrected chi connectivity index (χ0v) is 12.1. The van der Waals surface area contributed by atoms with Gasteiger partial charge in [-0.25, -0.2) is 0 Å². The molecule has 5 nitrogen and oxygen atoms in total. The van der Waals surface area contributed by atoms with Gasteiger partial charge in [-0.15, -0.1) is 0 Å². The van der Waals surface area contributed by atoms with E-state index in [9.17, 15) is 10.1 Å². The summed E-state index contributed by atoms with van der Waals surface area (Å²) in [6, 6.07) is 4.92. The van der Waals surface area contributed by atoms with Gasteiger partial charge in [-0.05, 0) is 24.5 Å². The van der Waals surface area contributed by atoms with Gasteiger partial charge in [-0.1, -0.05) is 22.0 Å². The highest BCUT2D eigenvalue weighted by Gasteiger charge is 2.18. The summed E-state index contributed by atoms with van der Waals surface area (Å²) in [5, 5.41) is 11.6. The average Bonchev–Trinajstić information content (AvgIpc) is 2.91. The molecule has 0 spiro atoms. The summed E-state index contributed by atoms with van der Waals surface area (Å²) < 4.78 is 11.1. The number of nitrogens with zero attached hydrogens (tertiary/aromatic N) is 1. The van der Waals surface area contributed by atoms with Crippen molar-refractivity contribution in [1.29, 1.82) is 0 Å². The van der Waals surface area contributed by atoms with E-state index in [0.717, 1.165) is 31.4 Å². The fourth-order valence-electron chi connectivity index (χ4n) is 2.08. The number of alkyl halides is 1. The normalized spacial score (nSPS) is 18.5. The van der Waals surface area contributed by atoms with Crippen molar-refractivity contribution in [1.82, 2.24) is 0 Å². The monoisotopic (exact) mass is 329 g/mol. The Morgan fingerprint density at radius 2 is 2.37 bits per heavy atom. The summed E-state index contributed by atoms with van der Waals surface area (Å²) in [5.74, 6) is 0.333. The molecule has 0 bridgehead atoms. The third kappa shape index (κ3) is 3.91. The van der Waals surface area contributed by atoms with E-state index in [-0.39, 0.29) is 11.8 Å². The number of halogens is 1. The zero-order valence-electron chi connectivity index (χ0n) is 10.5. The number of nitro benzene ring substituents is 1. The SMILES string of the molecule is O=[N+]([O-])c1ccc(CBr)cc1OCCC1CCCO1. The van der Waals surface area contributed by atoms with Crippen molar-refractivity contribution >= 4 is 21.6 Å². The minimum Gasteiger partial charge on any atom is -0.487 e. The third-order valence-corrected chi connectivity index (χ3v) is 3.74. The van der Waals surface area contributed by atoms with E-state index in [1.807, 2.05) is 0 Å². The maximum absolute atomic E-state index is 10.9. The topological polar surface area (TPSA) is 61.6 Å². The number of nitro groups is 1. The van der Waals surface area contributed by atoms with Gasteiger partial charge in [-0.3, -0.25) is 10.1 Å². The molecule has 19 heavy (non-hydrogen) atoms. The Kier molecular flexibility index (Phi) is 5.15. The Hall–Kier alpha value is -1.14. The van der Waals surface area contributed by atoms with Gasteiger partial charge in [0.2, 0.25) is 0 Å². The Morgan fingerprint density at radius 1 is 1.53 bits per heavy atom. The maximum atomic E-state index is 10.9. The van der Waals surface area contributed by atoms with Crippen LogP contribution in [0.25, 0.3) is 0 Å². The molecule has 6 heteroatoms. The number of hydrogen-bond donors (Lipinski definition) is 0. The Bertz CT molecular complexity index is 446. The summed E-state index contributed by atoms with van der Waals surface area (Å²) in [6.07, 6.45) is 3.14. The molecule has 1 aliphatic rings. The van der Waals surface area contributed by atoms with E-state index >= 15 is 0 Å². The van der Waals surface area contributed by atoms with Gasteiger partial charge in [0.15, 0.2) is 5.75 Å². The second-order valence-electron chi connectivity index (χ2n) is 4.46. The van der Waals surface area contributed by atoms with Crippen molar-refractivity contribution in [2.75, 3.05) is 13.2 Å². The standard InChI is InChI=1S/C13H16BrNO4/c14-9-10-3-4-12(15(16)17)13(8-10)19-7-5-11-2-1-6-18-11/h3-4,8,11H,1-2,5-7,9H2. The first-order chi connectivity index (χ1) is 9.20. The molecule has 0 saturated carbocycles. The molecule has 1 aromatic carbocycles. The molecule has 0 aromatic heterocycles. The first-order valence-corrected chi connectivity index (χ1v) is 7.40. The van der Waals surface area contributed by atoms with E-state index in [1.165, 1.54) is 6.07 Å². The molecule has 0 N–H and O–H groups in total. The molecule has 1 aliphatic heterocycles. The molecular formula is C13H16BrNO4. The Balaban J connectivity index is 1.98. The van der Waals surface area contributed by atoms with Gasteiger partial charge >= 0.3 is 5.69 Å². The van der Waals surface area contributed by atoms with Crippen LogP contribution in [0.5, 0.6) is 5.75 Å².